The molecule has 0 atom stereocenters. The summed E-state index contributed by atoms with van der Waals surface area (Å²) in [5.41, 5.74) is 4.36. The lowest BCUT2D eigenvalue weighted by Gasteiger charge is -2.25. The van der Waals surface area contributed by atoms with Gasteiger partial charge < -0.3 is 4.57 Å². The summed E-state index contributed by atoms with van der Waals surface area (Å²) in [6, 6.07) is 21.2. The molecule has 6 nitrogen and oxygen atoms in total. The molecule has 9 heteroatoms. The van der Waals surface area contributed by atoms with Gasteiger partial charge in [0.15, 0.2) is 0 Å². The highest BCUT2D eigenvalue weighted by atomic mass is 32.2. The summed E-state index contributed by atoms with van der Waals surface area (Å²) >= 11 is 0. The molecule has 0 bridgehead atoms. The van der Waals surface area contributed by atoms with Crippen LogP contribution in [0.5, 0.6) is 0 Å². The molecule has 0 aliphatic heterocycles. The van der Waals surface area contributed by atoms with E-state index in [2.05, 4.69) is 9.97 Å². The van der Waals surface area contributed by atoms with Gasteiger partial charge in [0, 0.05) is 34.9 Å². The topological polar surface area (TPSA) is 80.2 Å². The van der Waals surface area contributed by atoms with Crippen LogP contribution in [0.25, 0.3) is 11.3 Å². The summed E-state index contributed by atoms with van der Waals surface area (Å²) in [6.07, 6.45) is 1.20. The summed E-state index contributed by atoms with van der Waals surface area (Å²) < 4.78 is 54.9. The van der Waals surface area contributed by atoms with E-state index in [1.165, 1.54) is 19.2 Å². The van der Waals surface area contributed by atoms with Gasteiger partial charge in [-0.15, -0.1) is 0 Å². The van der Waals surface area contributed by atoms with E-state index in [1.807, 2.05) is 76.2 Å². The van der Waals surface area contributed by atoms with Gasteiger partial charge in [-0.05, 0) is 44.0 Å². The van der Waals surface area contributed by atoms with Crippen molar-refractivity contribution in [1.82, 2.24) is 9.97 Å². The molecule has 0 aliphatic carbocycles. The Morgan fingerprint density at radius 3 is 1.77 bits per heavy atom. The van der Waals surface area contributed by atoms with Crippen LogP contribution in [0.4, 0.5) is 10.3 Å². The van der Waals surface area contributed by atoms with E-state index in [0.717, 1.165) is 21.7 Å². The largest absolute Gasteiger partial charge is 0.313 e. The number of sulfonamides is 1. The number of aryl methyl sites for hydroxylation is 2. The Hall–Kier alpha value is -3.35. The second-order valence-corrected chi connectivity index (χ2v) is 15.0. The van der Waals surface area contributed by atoms with Crippen LogP contribution in [-0.4, -0.2) is 31.7 Å². The normalized spacial score (nSPS) is 12.1. The number of hydrogen-bond acceptors (Lipinski definition) is 5. The van der Waals surface area contributed by atoms with Crippen molar-refractivity contribution in [3.63, 3.8) is 0 Å². The average molecular weight is 566 g/mol. The fraction of sp³-hybridized carbons (Fsp3) is 0.267. The molecule has 0 aliphatic rings. The third kappa shape index (κ3) is 6.13. The van der Waals surface area contributed by atoms with Crippen LogP contribution in [0.3, 0.4) is 0 Å². The maximum atomic E-state index is 15.2. The lowest BCUT2D eigenvalue weighted by Crippen LogP contribution is -2.28. The van der Waals surface area contributed by atoms with Crippen LogP contribution in [0.15, 0.2) is 72.8 Å². The molecule has 0 saturated heterocycles. The van der Waals surface area contributed by atoms with E-state index in [9.17, 15) is 12.8 Å². The second-order valence-electron chi connectivity index (χ2n) is 10.2. The van der Waals surface area contributed by atoms with Crippen molar-refractivity contribution in [3.8, 4) is 11.3 Å². The van der Waals surface area contributed by atoms with Gasteiger partial charge in [-0.1, -0.05) is 73.5 Å². The minimum absolute atomic E-state index is 0.00443. The predicted molar refractivity (Wildman–Crippen MR) is 158 cm³/mol. The quantitative estimate of drug-likeness (QED) is 0.247. The number of hydrogen-bond donors (Lipinski definition) is 0. The van der Waals surface area contributed by atoms with Crippen LogP contribution >= 0.6 is 7.14 Å². The highest BCUT2D eigenvalue weighted by Gasteiger charge is 2.32. The lowest BCUT2D eigenvalue weighted by molar-refractivity contribution is 0.585. The van der Waals surface area contributed by atoms with Crippen LogP contribution in [-0.2, 0) is 20.8 Å². The Bertz CT molecular complexity index is 1590. The minimum Gasteiger partial charge on any atom is -0.313 e. The molecule has 0 saturated carbocycles. The van der Waals surface area contributed by atoms with Crippen molar-refractivity contribution in [2.24, 2.45) is 0 Å². The van der Waals surface area contributed by atoms with Gasteiger partial charge in [-0.25, -0.2) is 27.1 Å². The monoisotopic (exact) mass is 565 g/mol. The molecule has 0 fully saturated rings. The maximum Gasteiger partial charge on any atom is 0.239 e. The van der Waals surface area contributed by atoms with Crippen molar-refractivity contribution in [2.45, 2.75) is 39.8 Å². The molecule has 1 heterocycles. The van der Waals surface area contributed by atoms with Crippen molar-refractivity contribution in [1.29, 1.82) is 0 Å². The molecular weight excluding hydrogens is 532 g/mol. The number of anilines is 1. The zero-order valence-corrected chi connectivity index (χ0v) is 24.7. The molecule has 0 unspecified atom stereocenters. The molecule has 4 rings (SSSR count). The zero-order valence-electron chi connectivity index (χ0n) is 23.0. The molecule has 39 heavy (non-hydrogen) atoms. The third-order valence-electron chi connectivity index (χ3n) is 6.75. The third-order valence-corrected chi connectivity index (χ3v) is 10.9. The van der Waals surface area contributed by atoms with Crippen molar-refractivity contribution in [3.05, 3.63) is 101 Å². The molecule has 1 aromatic heterocycles. The van der Waals surface area contributed by atoms with Gasteiger partial charge in [-0.3, -0.25) is 0 Å². The summed E-state index contributed by atoms with van der Waals surface area (Å²) in [5, 5.41) is 1.41. The number of nitrogens with zero attached hydrogens (tertiary/aromatic N) is 3. The summed E-state index contributed by atoms with van der Waals surface area (Å²) in [7, 11) is -5.52. The zero-order chi connectivity index (χ0) is 28.5. The summed E-state index contributed by atoms with van der Waals surface area (Å²) in [5.74, 6) is -0.542. The summed E-state index contributed by atoms with van der Waals surface area (Å²) in [6.45, 7) is 7.87. The predicted octanol–water partition coefficient (Wildman–Crippen LogP) is 5.93. The molecule has 4 aromatic rings. The van der Waals surface area contributed by atoms with E-state index in [1.54, 1.807) is 12.1 Å². The van der Waals surface area contributed by atoms with Crippen LogP contribution in [0.1, 0.15) is 42.1 Å². The Morgan fingerprint density at radius 2 is 1.33 bits per heavy atom. The summed E-state index contributed by atoms with van der Waals surface area (Å²) in [4.78, 5) is 9.36. The van der Waals surface area contributed by atoms with Crippen LogP contribution < -0.4 is 14.9 Å². The maximum absolute atomic E-state index is 15.2. The first-order valence-electron chi connectivity index (χ1n) is 12.6. The van der Waals surface area contributed by atoms with Gasteiger partial charge in [0.2, 0.25) is 16.0 Å². The fourth-order valence-electron chi connectivity index (χ4n) is 4.38. The van der Waals surface area contributed by atoms with E-state index in [0.29, 0.717) is 33.1 Å². The van der Waals surface area contributed by atoms with Gasteiger partial charge in [-0.2, -0.15) is 0 Å². The average Bonchev–Trinajstić information content (AvgIpc) is 2.88. The van der Waals surface area contributed by atoms with Crippen molar-refractivity contribution >= 4 is 33.7 Å². The van der Waals surface area contributed by atoms with E-state index >= 15 is 4.57 Å². The van der Waals surface area contributed by atoms with Crippen LogP contribution in [0, 0.1) is 19.7 Å². The number of rotatable bonds is 8. The number of halogens is 1. The first kappa shape index (κ1) is 28.7. The Morgan fingerprint density at radius 1 is 0.846 bits per heavy atom. The highest BCUT2D eigenvalue weighted by Crippen LogP contribution is 2.49. The number of aromatic nitrogens is 2. The molecule has 0 spiro atoms. The van der Waals surface area contributed by atoms with Gasteiger partial charge >= 0.3 is 0 Å². The smallest absolute Gasteiger partial charge is 0.239 e. The van der Waals surface area contributed by atoms with Crippen LogP contribution in [0.2, 0.25) is 0 Å². The Labute approximate surface area is 230 Å². The van der Waals surface area contributed by atoms with Crippen molar-refractivity contribution < 1.29 is 17.4 Å². The van der Waals surface area contributed by atoms with Crippen molar-refractivity contribution in [2.75, 3.05) is 17.6 Å². The molecule has 0 amide bonds. The molecular formula is C30H33FN3O3PS. The lowest BCUT2D eigenvalue weighted by atomic mass is 9.99. The first-order chi connectivity index (χ1) is 18.3. The van der Waals surface area contributed by atoms with E-state index < -0.39 is 23.0 Å². The fourth-order valence-corrected chi connectivity index (χ4v) is 7.44. The first-order valence-corrected chi connectivity index (χ1v) is 16.4. The van der Waals surface area contributed by atoms with Gasteiger partial charge in [0.1, 0.15) is 13.0 Å². The highest BCUT2D eigenvalue weighted by molar-refractivity contribution is 7.92. The number of benzene rings is 3. The molecule has 0 radical (unpaired) electrons. The van der Waals surface area contributed by atoms with E-state index in [-0.39, 0.29) is 18.0 Å². The van der Waals surface area contributed by atoms with Gasteiger partial charge in [0.05, 0.1) is 17.6 Å². The molecule has 3 aromatic carbocycles. The SMILES string of the molecule is Cc1ccc(P(=O)(Cc2c(-c3ccc(F)cc3)nc(N(C)S(C)(=O)=O)nc2C(C)C)c2ccc(C)cc2)cc1. The minimum atomic E-state index is -3.65. The van der Waals surface area contributed by atoms with E-state index in [4.69, 9.17) is 0 Å². The second kappa shape index (κ2) is 11.0. The standard InChI is InChI=1S/C30H33FN3O3PS/c1-20(2)28-27(19-38(35,25-15-7-21(3)8-16-25)26-17-9-22(4)10-18-26)29(23-11-13-24(31)14-12-23)33-30(32-28)34(5)39(6,36)37/h7-18,20H,19H2,1-6H3. The molecule has 204 valence electrons. The molecule has 0 N–H and O–H groups in total. The van der Waals surface area contributed by atoms with Gasteiger partial charge in [0.25, 0.3) is 0 Å². The Kier molecular flexibility index (Phi) is 8.10. The Balaban J connectivity index is 2.03.